The standard InChI is InChI=1S/C7H13NO2/c1-6(9)7(10)8-4-2-3-5-8/h6,9H,2-5H2,1H3/t6-/m0/s1. The second-order valence-corrected chi connectivity index (χ2v) is 2.71. The van der Waals surface area contributed by atoms with Gasteiger partial charge in [0.05, 0.1) is 0 Å². The van der Waals surface area contributed by atoms with Crippen LogP contribution in [0.15, 0.2) is 0 Å². The molecule has 0 saturated carbocycles. The molecule has 3 nitrogen and oxygen atoms in total. The highest BCUT2D eigenvalue weighted by molar-refractivity contribution is 5.80. The zero-order chi connectivity index (χ0) is 7.56. The lowest BCUT2D eigenvalue weighted by atomic mass is 10.3. The minimum atomic E-state index is -0.821. The number of carbonyl (C=O) groups excluding carboxylic acids is 1. The fraction of sp³-hybridized carbons (Fsp3) is 0.857. The van der Waals surface area contributed by atoms with Gasteiger partial charge in [-0.2, -0.15) is 0 Å². The summed E-state index contributed by atoms with van der Waals surface area (Å²) in [5, 5.41) is 8.89. The predicted molar refractivity (Wildman–Crippen MR) is 37.5 cm³/mol. The van der Waals surface area contributed by atoms with Crippen LogP contribution >= 0.6 is 0 Å². The first-order valence-corrected chi connectivity index (χ1v) is 3.68. The van der Waals surface area contributed by atoms with Gasteiger partial charge in [0.2, 0.25) is 0 Å². The molecule has 1 amide bonds. The lowest BCUT2D eigenvalue weighted by Crippen LogP contribution is -2.35. The number of amides is 1. The number of carbonyl (C=O) groups is 1. The van der Waals surface area contributed by atoms with Crippen LogP contribution in [0.1, 0.15) is 19.8 Å². The molecule has 3 heteroatoms. The highest BCUT2D eigenvalue weighted by atomic mass is 16.3. The van der Waals surface area contributed by atoms with Gasteiger partial charge < -0.3 is 10.0 Å². The van der Waals surface area contributed by atoms with Crippen molar-refractivity contribution in [3.63, 3.8) is 0 Å². The van der Waals surface area contributed by atoms with E-state index in [9.17, 15) is 4.79 Å². The molecule has 1 aliphatic rings. The number of aliphatic hydroxyl groups excluding tert-OH is 1. The maximum Gasteiger partial charge on any atom is 0.251 e. The second-order valence-electron chi connectivity index (χ2n) is 2.71. The van der Waals surface area contributed by atoms with Gasteiger partial charge in [-0.3, -0.25) is 4.79 Å². The van der Waals surface area contributed by atoms with Gasteiger partial charge in [-0.05, 0) is 19.8 Å². The maximum atomic E-state index is 11.0. The van der Waals surface area contributed by atoms with Crippen molar-refractivity contribution in [2.24, 2.45) is 0 Å². The Morgan fingerprint density at radius 2 is 2.00 bits per heavy atom. The van der Waals surface area contributed by atoms with Crippen LogP contribution in [0.25, 0.3) is 0 Å². The second kappa shape index (κ2) is 3.01. The Kier molecular flexibility index (Phi) is 2.27. The molecule has 10 heavy (non-hydrogen) atoms. The van der Waals surface area contributed by atoms with Gasteiger partial charge in [-0.25, -0.2) is 0 Å². The van der Waals surface area contributed by atoms with Crippen LogP contribution in [0, 0.1) is 0 Å². The topological polar surface area (TPSA) is 40.5 Å². The molecule has 0 aromatic heterocycles. The third-order valence-electron chi connectivity index (χ3n) is 1.78. The molecule has 1 N–H and O–H groups in total. The van der Waals surface area contributed by atoms with Crippen molar-refractivity contribution in [1.29, 1.82) is 0 Å². The Hall–Kier alpha value is -0.570. The first-order chi connectivity index (χ1) is 4.72. The summed E-state index contributed by atoms with van der Waals surface area (Å²) in [6.45, 7) is 3.16. The first kappa shape index (κ1) is 7.54. The van der Waals surface area contributed by atoms with Crippen LogP contribution < -0.4 is 0 Å². The van der Waals surface area contributed by atoms with E-state index in [-0.39, 0.29) is 5.91 Å². The Morgan fingerprint density at radius 3 is 2.40 bits per heavy atom. The van der Waals surface area contributed by atoms with Gasteiger partial charge in [-0.15, -0.1) is 0 Å². The van der Waals surface area contributed by atoms with E-state index >= 15 is 0 Å². The van der Waals surface area contributed by atoms with Crippen LogP contribution in [-0.4, -0.2) is 35.1 Å². The number of aliphatic hydroxyl groups is 1. The van der Waals surface area contributed by atoms with Gasteiger partial charge in [0.25, 0.3) is 5.91 Å². The van der Waals surface area contributed by atoms with Gasteiger partial charge >= 0.3 is 0 Å². The molecule has 1 rings (SSSR count). The third-order valence-corrected chi connectivity index (χ3v) is 1.78. The minimum absolute atomic E-state index is 0.127. The van der Waals surface area contributed by atoms with Crippen molar-refractivity contribution in [2.75, 3.05) is 13.1 Å². The van der Waals surface area contributed by atoms with Crippen molar-refractivity contribution in [2.45, 2.75) is 25.9 Å². The van der Waals surface area contributed by atoms with E-state index in [1.54, 1.807) is 4.90 Å². The van der Waals surface area contributed by atoms with Crippen LogP contribution in [0.5, 0.6) is 0 Å². The highest BCUT2D eigenvalue weighted by Crippen LogP contribution is 2.08. The molecular weight excluding hydrogens is 130 g/mol. The maximum absolute atomic E-state index is 11.0. The van der Waals surface area contributed by atoms with Gasteiger partial charge in [0.15, 0.2) is 0 Å². The van der Waals surface area contributed by atoms with E-state index in [0.717, 1.165) is 25.9 Å². The van der Waals surface area contributed by atoms with Crippen molar-refractivity contribution in [1.82, 2.24) is 4.90 Å². The third kappa shape index (κ3) is 1.48. The SMILES string of the molecule is C[C@H](O)C(=O)N1CCCC1. The van der Waals surface area contributed by atoms with Crippen LogP contribution in [0.2, 0.25) is 0 Å². The highest BCUT2D eigenvalue weighted by Gasteiger charge is 2.20. The zero-order valence-corrected chi connectivity index (χ0v) is 6.21. The van der Waals surface area contributed by atoms with E-state index < -0.39 is 6.10 Å². The van der Waals surface area contributed by atoms with Crippen LogP contribution in [0.3, 0.4) is 0 Å². The van der Waals surface area contributed by atoms with Gasteiger partial charge in [0.1, 0.15) is 6.10 Å². The molecule has 0 aromatic rings. The average Bonchev–Trinajstić information content (AvgIpc) is 2.36. The lowest BCUT2D eigenvalue weighted by Gasteiger charge is -2.16. The summed E-state index contributed by atoms with van der Waals surface area (Å²) in [4.78, 5) is 12.7. The van der Waals surface area contributed by atoms with Crippen LogP contribution in [0.4, 0.5) is 0 Å². The summed E-state index contributed by atoms with van der Waals surface area (Å²) in [5.41, 5.74) is 0. The fourth-order valence-corrected chi connectivity index (χ4v) is 1.20. The summed E-state index contributed by atoms with van der Waals surface area (Å²) in [7, 11) is 0. The van der Waals surface area contributed by atoms with E-state index in [1.165, 1.54) is 6.92 Å². The summed E-state index contributed by atoms with van der Waals surface area (Å²) in [6.07, 6.45) is 1.34. The molecule has 0 radical (unpaired) electrons. The largest absolute Gasteiger partial charge is 0.384 e. The van der Waals surface area contributed by atoms with E-state index in [1.807, 2.05) is 0 Å². The monoisotopic (exact) mass is 143 g/mol. The summed E-state index contributed by atoms with van der Waals surface area (Å²) in [5.74, 6) is -0.127. The van der Waals surface area contributed by atoms with Crippen molar-refractivity contribution in [3.8, 4) is 0 Å². The van der Waals surface area contributed by atoms with Gasteiger partial charge in [-0.1, -0.05) is 0 Å². The molecule has 1 aliphatic heterocycles. The molecule has 1 saturated heterocycles. The molecule has 58 valence electrons. The van der Waals surface area contributed by atoms with E-state index in [0.29, 0.717) is 0 Å². The van der Waals surface area contributed by atoms with E-state index in [4.69, 9.17) is 5.11 Å². The predicted octanol–water partition coefficient (Wildman–Crippen LogP) is -0.0104. The normalized spacial score (nSPS) is 21.2. The number of hydrogen-bond acceptors (Lipinski definition) is 2. The summed E-state index contributed by atoms with van der Waals surface area (Å²) >= 11 is 0. The Morgan fingerprint density at radius 1 is 1.50 bits per heavy atom. The molecule has 0 spiro atoms. The molecule has 1 heterocycles. The Labute approximate surface area is 60.6 Å². The summed E-state index contributed by atoms with van der Waals surface area (Å²) < 4.78 is 0. The Bertz CT molecular complexity index is 128. The molecule has 0 bridgehead atoms. The lowest BCUT2D eigenvalue weighted by molar-refractivity contribution is -0.138. The molecule has 0 unspecified atom stereocenters. The zero-order valence-electron chi connectivity index (χ0n) is 6.21. The smallest absolute Gasteiger partial charge is 0.251 e. The van der Waals surface area contributed by atoms with Crippen LogP contribution in [-0.2, 0) is 4.79 Å². The Balaban J connectivity index is 2.40. The number of rotatable bonds is 1. The van der Waals surface area contributed by atoms with Crippen molar-refractivity contribution < 1.29 is 9.90 Å². The minimum Gasteiger partial charge on any atom is -0.384 e. The summed E-state index contributed by atoms with van der Waals surface area (Å²) in [6, 6.07) is 0. The molecule has 1 fully saturated rings. The molecule has 1 atom stereocenters. The number of hydrogen-bond donors (Lipinski definition) is 1. The first-order valence-electron chi connectivity index (χ1n) is 3.68. The molecule has 0 aliphatic carbocycles. The molecule has 0 aromatic carbocycles. The van der Waals surface area contributed by atoms with Gasteiger partial charge in [0, 0.05) is 13.1 Å². The quantitative estimate of drug-likeness (QED) is 0.561. The number of nitrogens with zero attached hydrogens (tertiary/aromatic N) is 1. The average molecular weight is 143 g/mol. The van der Waals surface area contributed by atoms with Crippen molar-refractivity contribution >= 4 is 5.91 Å². The van der Waals surface area contributed by atoms with Crippen molar-refractivity contribution in [3.05, 3.63) is 0 Å². The van der Waals surface area contributed by atoms with E-state index in [2.05, 4.69) is 0 Å². The fourth-order valence-electron chi connectivity index (χ4n) is 1.20. The number of likely N-dealkylation sites (tertiary alicyclic amines) is 1. The molecular formula is C7H13NO2.